The molecule has 0 saturated heterocycles. The molecular weight excluding hydrogens is 390 g/mol. The number of rotatable bonds is 4. The Balaban J connectivity index is 2.20. The Labute approximate surface area is 147 Å². The molecule has 22 heavy (non-hydrogen) atoms. The summed E-state index contributed by atoms with van der Waals surface area (Å²) >= 11 is 23.4. The van der Waals surface area contributed by atoms with Crippen LogP contribution in [0.1, 0.15) is 5.56 Å². The van der Waals surface area contributed by atoms with Crippen molar-refractivity contribution in [3.63, 3.8) is 0 Å². The highest BCUT2D eigenvalue weighted by molar-refractivity contribution is 7.89. The quantitative estimate of drug-likeness (QED) is 0.604. The fourth-order valence-electron chi connectivity index (χ4n) is 1.48. The first kappa shape index (κ1) is 17.4. The van der Waals surface area contributed by atoms with Crippen LogP contribution in [0.25, 0.3) is 0 Å². The first-order valence-corrected chi connectivity index (χ1v) is 8.75. The highest BCUT2D eigenvalue weighted by Gasteiger charge is 2.14. The van der Waals surface area contributed by atoms with Gasteiger partial charge in [-0.25, -0.2) is 4.83 Å². The average molecular weight is 398 g/mol. The molecule has 0 heterocycles. The monoisotopic (exact) mass is 396 g/mol. The molecule has 116 valence electrons. The van der Waals surface area contributed by atoms with Crippen molar-refractivity contribution < 1.29 is 8.42 Å². The number of benzene rings is 2. The number of hydrogen-bond donors (Lipinski definition) is 1. The van der Waals surface area contributed by atoms with E-state index in [-0.39, 0.29) is 20.0 Å². The normalized spacial score (nSPS) is 11.8. The predicted octanol–water partition coefficient (Wildman–Crippen LogP) is 4.61. The van der Waals surface area contributed by atoms with Gasteiger partial charge < -0.3 is 0 Å². The molecule has 4 nitrogen and oxygen atoms in total. The summed E-state index contributed by atoms with van der Waals surface area (Å²) in [6.45, 7) is 0. The van der Waals surface area contributed by atoms with Gasteiger partial charge >= 0.3 is 0 Å². The third-order valence-electron chi connectivity index (χ3n) is 2.56. The minimum absolute atomic E-state index is 0.0590. The Hall–Kier alpha value is -0.980. The van der Waals surface area contributed by atoms with E-state index in [1.54, 1.807) is 18.2 Å². The van der Waals surface area contributed by atoms with E-state index in [2.05, 4.69) is 9.93 Å². The maximum atomic E-state index is 12.1. The van der Waals surface area contributed by atoms with Gasteiger partial charge in [-0.3, -0.25) is 0 Å². The van der Waals surface area contributed by atoms with Crippen LogP contribution in [0.15, 0.2) is 46.4 Å². The number of sulfonamides is 1. The van der Waals surface area contributed by atoms with Gasteiger partial charge in [-0.05, 0) is 24.3 Å². The summed E-state index contributed by atoms with van der Waals surface area (Å²) in [5.74, 6) is 0. The smallest absolute Gasteiger partial charge is 0.200 e. The summed E-state index contributed by atoms with van der Waals surface area (Å²) < 4.78 is 24.1. The van der Waals surface area contributed by atoms with E-state index in [9.17, 15) is 8.42 Å². The molecule has 0 aliphatic carbocycles. The maximum absolute atomic E-state index is 12.1. The van der Waals surface area contributed by atoms with Crippen LogP contribution in [0, 0.1) is 0 Å². The largest absolute Gasteiger partial charge is 0.276 e. The van der Waals surface area contributed by atoms with Crippen LogP contribution in [0.2, 0.25) is 20.1 Å². The Morgan fingerprint density at radius 1 is 0.955 bits per heavy atom. The summed E-state index contributed by atoms with van der Waals surface area (Å²) in [6.07, 6.45) is 1.25. The van der Waals surface area contributed by atoms with Gasteiger partial charge in [-0.2, -0.15) is 13.5 Å². The molecule has 0 aromatic heterocycles. The second kappa shape index (κ2) is 7.06. The van der Waals surface area contributed by atoms with E-state index in [1.165, 1.54) is 24.4 Å². The Bertz CT molecular complexity index is 838. The minimum Gasteiger partial charge on any atom is -0.200 e. The van der Waals surface area contributed by atoms with Crippen molar-refractivity contribution in [3.05, 3.63) is 62.1 Å². The number of hydrazone groups is 1. The minimum atomic E-state index is -3.86. The molecule has 0 radical (unpaired) electrons. The first-order chi connectivity index (χ1) is 10.3. The predicted molar refractivity (Wildman–Crippen MR) is 90.8 cm³/mol. The molecule has 0 saturated carbocycles. The third kappa shape index (κ3) is 4.06. The van der Waals surface area contributed by atoms with E-state index in [4.69, 9.17) is 46.4 Å². The molecule has 0 aliphatic rings. The van der Waals surface area contributed by atoms with Crippen molar-refractivity contribution in [1.29, 1.82) is 0 Å². The first-order valence-electron chi connectivity index (χ1n) is 5.75. The second-order valence-electron chi connectivity index (χ2n) is 4.07. The van der Waals surface area contributed by atoms with Crippen molar-refractivity contribution in [1.82, 2.24) is 4.83 Å². The standard InChI is InChI=1S/C13H8Cl4N2O2S/c14-10-5-4-9(6-12(10)16)22(20,21)19-18-7-8-2-1-3-11(15)13(8)17/h1-7,19H/b18-7+. The summed E-state index contributed by atoms with van der Waals surface area (Å²) in [4.78, 5) is 2.00. The average Bonchev–Trinajstić information content (AvgIpc) is 2.46. The topological polar surface area (TPSA) is 58.5 Å². The van der Waals surface area contributed by atoms with E-state index in [0.717, 1.165) is 0 Å². The summed E-state index contributed by atoms with van der Waals surface area (Å²) in [5, 5.41) is 4.68. The van der Waals surface area contributed by atoms with Gasteiger partial charge in [0.2, 0.25) is 0 Å². The molecular formula is C13H8Cl4N2O2S. The molecule has 1 N–H and O–H groups in total. The molecule has 0 fully saturated rings. The van der Waals surface area contributed by atoms with Gasteiger partial charge in [0, 0.05) is 5.56 Å². The van der Waals surface area contributed by atoms with Gasteiger partial charge in [0.25, 0.3) is 10.0 Å². The number of nitrogens with zero attached hydrogens (tertiary/aromatic N) is 1. The molecule has 0 aliphatic heterocycles. The summed E-state index contributed by atoms with van der Waals surface area (Å²) in [5.41, 5.74) is 0.478. The van der Waals surface area contributed by atoms with E-state index in [0.29, 0.717) is 10.6 Å². The lowest BCUT2D eigenvalue weighted by atomic mass is 10.2. The van der Waals surface area contributed by atoms with Crippen LogP contribution in [-0.4, -0.2) is 14.6 Å². The number of hydrogen-bond acceptors (Lipinski definition) is 3. The Morgan fingerprint density at radius 3 is 2.36 bits per heavy atom. The van der Waals surface area contributed by atoms with Crippen LogP contribution in [0.3, 0.4) is 0 Å². The lowest BCUT2D eigenvalue weighted by molar-refractivity contribution is 0.584. The maximum Gasteiger partial charge on any atom is 0.276 e. The zero-order chi connectivity index (χ0) is 16.3. The van der Waals surface area contributed by atoms with Gasteiger partial charge in [0.05, 0.1) is 31.2 Å². The van der Waals surface area contributed by atoms with Crippen molar-refractivity contribution >= 4 is 62.6 Å². The number of halogens is 4. The molecule has 0 amide bonds. The van der Waals surface area contributed by atoms with Gasteiger partial charge in [-0.15, -0.1) is 0 Å². The van der Waals surface area contributed by atoms with Gasteiger partial charge in [0.15, 0.2) is 0 Å². The third-order valence-corrected chi connectivity index (χ3v) is 5.35. The highest BCUT2D eigenvalue weighted by Crippen LogP contribution is 2.25. The molecule has 2 aromatic carbocycles. The molecule has 0 unspecified atom stereocenters. The van der Waals surface area contributed by atoms with Crippen LogP contribution in [0.5, 0.6) is 0 Å². The number of nitrogens with one attached hydrogen (secondary N) is 1. The fraction of sp³-hybridized carbons (Fsp3) is 0. The fourth-order valence-corrected chi connectivity index (χ4v) is 3.02. The van der Waals surface area contributed by atoms with E-state index in [1.807, 2.05) is 0 Å². The van der Waals surface area contributed by atoms with Crippen LogP contribution in [-0.2, 0) is 10.0 Å². The van der Waals surface area contributed by atoms with Crippen LogP contribution < -0.4 is 4.83 Å². The lowest BCUT2D eigenvalue weighted by Crippen LogP contribution is -2.18. The van der Waals surface area contributed by atoms with Crippen molar-refractivity contribution in [3.8, 4) is 0 Å². The SMILES string of the molecule is O=S(=O)(N/N=C/c1cccc(Cl)c1Cl)c1ccc(Cl)c(Cl)c1. The second-order valence-corrected chi connectivity index (χ2v) is 7.33. The van der Waals surface area contributed by atoms with E-state index < -0.39 is 10.0 Å². The van der Waals surface area contributed by atoms with Crippen LogP contribution >= 0.6 is 46.4 Å². The zero-order valence-corrected chi connectivity index (χ0v) is 14.6. The van der Waals surface area contributed by atoms with Crippen molar-refractivity contribution in [2.24, 2.45) is 5.10 Å². The van der Waals surface area contributed by atoms with Gasteiger partial charge in [-0.1, -0.05) is 58.5 Å². The summed E-state index contributed by atoms with van der Waals surface area (Å²) in [7, 11) is -3.86. The molecule has 0 spiro atoms. The van der Waals surface area contributed by atoms with Gasteiger partial charge in [0.1, 0.15) is 0 Å². The molecule has 0 atom stereocenters. The highest BCUT2D eigenvalue weighted by atomic mass is 35.5. The lowest BCUT2D eigenvalue weighted by Gasteiger charge is -2.05. The van der Waals surface area contributed by atoms with Crippen molar-refractivity contribution in [2.75, 3.05) is 0 Å². The molecule has 0 bridgehead atoms. The molecule has 2 rings (SSSR count). The Morgan fingerprint density at radius 2 is 1.68 bits per heavy atom. The Kier molecular flexibility index (Phi) is 5.58. The molecule has 2 aromatic rings. The van der Waals surface area contributed by atoms with E-state index >= 15 is 0 Å². The molecule has 9 heteroatoms. The van der Waals surface area contributed by atoms with Crippen LogP contribution in [0.4, 0.5) is 0 Å². The zero-order valence-electron chi connectivity index (χ0n) is 10.7. The van der Waals surface area contributed by atoms with Crippen molar-refractivity contribution in [2.45, 2.75) is 4.90 Å². The summed E-state index contributed by atoms with van der Waals surface area (Å²) in [6, 6.07) is 8.86.